The molecule has 8 nitrogen and oxygen atoms in total. The Morgan fingerprint density at radius 2 is 1.76 bits per heavy atom. The lowest BCUT2D eigenvalue weighted by Gasteiger charge is -2.15. The van der Waals surface area contributed by atoms with E-state index in [1.54, 1.807) is 6.92 Å². The fraction of sp³-hybridized carbons (Fsp3) is 0.353. The van der Waals surface area contributed by atoms with Gasteiger partial charge in [-0.15, -0.1) is 0 Å². The Kier molecular flexibility index (Phi) is 5.63. The van der Waals surface area contributed by atoms with Crippen LogP contribution in [0.15, 0.2) is 21.3 Å². The van der Waals surface area contributed by atoms with Crippen molar-refractivity contribution in [3.63, 3.8) is 0 Å². The van der Waals surface area contributed by atoms with Crippen molar-refractivity contribution in [2.24, 2.45) is 0 Å². The van der Waals surface area contributed by atoms with Crippen molar-refractivity contribution < 1.29 is 33.7 Å². The molecule has 1 heterocycles. The van der Waals surface area contributed by atoms with Crippen molar-refractivity contribution in [1.82, 2.24) is 0 Å². The first-order chi connectivity index (χ1) is 11.8. The van der Waals surface area contributed by atoms with E-state index in [0.29, 0.717) is 22.9 Å². The van der Waals surface area contributed by atoms with Crippen molar-refractivity contribution in [3.8, 4) is 11.5 Å². The summed E-state index contributed by atoms with van der Waals surface area (Å²) < 4.78 is 15.5. The van der Waals surface area contributed by atoms with Crippen LogP contribution >= 0.6 is 0 Å². The Hall–Kier alpha value is -3.03. The average molecular weight is 348 g/mol. The van der Waals surface area contributed by atoms with E-state index in [9.17, 15) is 24.6 Å². The lowest BCUT2D eigenvalue weighted by atomic mass is 10.0. The second kappa shape index (κ2) is 7.69. The molecule has 0 aliphatic rings. The third-order valence-corrected chi connectivity index (χ3v) is 3.52. The molecule has 0 spiro atoms. The first-order valence-electron chi connectivity index (χ1n) is 7.59. The second-order valence-corrected chi connectivity index (χ2v) is 5.36. The van der Waals surface area contributed by atoms with Crippen LogP contribution < -0.4 is 25.3 Å². The molecule has 25 heavy (non-hydrogen) atoms. The van der Waals surface area contributed by atoms with E-state index in [1.165, 1.54) is 12.1 Å². The molecule has 0 aliphatic heterocycles. The topological polar surface area (TPSA) is 129 Å². The van der Waals surface area contributed by atoms with Gasteiger partial charge in [0.15, 0.2) is 0 Å². The van der Waals surface area contributed by atoms with Crippen LogP contribution in [0.5, 0.6) is 11.5 Å². The molecule has 2 rings (SSSR count). The summed E-state index contributed by atoms with van der Waals surface area (Å²) in [7, 11) is 0. The fourth-order valence-electron chi connectivity index (χ4n) is 2.50. The maximum Gasteiger partial charge on any atom is 0.339 e. The zero-order chi connectivity index (χ0) is 18.6. The first-order valence-corrected chi connectivity index (χ1v) is 7.59. The molecule has 2 aromatic rings. The number of fused-ring (bicyclic) bond motifs is 1. The molecular formula is C17H16O8-2. The zero-order valence-electron chi connectivity index (χ0n) is 13.7. The van der Waals surface area contributed by atoms with Gasteiger partial charge >= 0.3 is 5.63 Å². The summed E-state index contributed by atoms with van der Waals surface area (Å²) >= 11 is 0. The Labute approximate surface area is 142 Å². The third-order valence-electron chi connectivity index (χ3n) is 3.52. The Morgan fingerprint density at radius 1 is 1.12 bits per heavy atom. The molecule has 0 saturated carbocycles. The van der Waals surface area contributed by atoms with Crippen molar-refractivity contribution in [1.29, 1.82) is 0 Å². The minimum absolute atomic E-state index is 0.0378. The van der Waals surface area contributed by atoms with Gasteiger partial charge in [0.25, 0.3) is 0 Å². The van der Waals surface area contributed by atoms with Crippen molar-refractivity contribution >= 4 is 22.9 Å². The Bertz CT molecular complexity index is 865. The molecule has 0 fully saturated rings. The van der Waals surface area contributed by atoms with E-state index in [4.69, 9.17) is 13.9 Å². The van der Waals surface area contributed by atoms with Gasteiger partial charge in [-0.1, -0.05) is 13.3 Å². The van der Waals surface area contributed by atoms with Crippen LogP contribution in [-0.2, 0) is 16.0 Å². The van der Waals surface area contributed by atoms with E-state index in [0.717, 1.165) is 6.42 Å². The maximum absolute atomic E-state index is 12.1. The van der Waals surface area contributed by atoms with Crippen LogP contribution in [0, 0.1) is 6.92 Å². The standard InChI is InChI=1S/C17H18O8/c1-3-4-11-9(2)16-12(24-8-15(20)21)5-10(23-7-14(18)19)6-13(16)25-17(11)22/h5-6H,3-4,7-8H2,1-2H3,(H,18,19)(H,20,21)/p-2. The highest BCUT2D eigenvalue weighted by molar-refractivity contribution is 5.89. The number of aryl methyl sites for hydroxylation is 1. The summed E-state index contributed by atoms with van der Waals surface area (Å²) in [5.41, 5.74) is 0.658. The highest BCUT2D eigenvalue weighted by Crippen LogP contribution is 2.34. The predicted molar refractivity (Wildman–Crippen MR) is 82.2 cm³/mol. The largest absolute Gasteiger partial charge is 0.546 e. The Morgan fingerprint density at radius 3 is 2.36 bits per heavy atom. The smallest absolute Gasteiger partial charge is 0.339 e. The van der Waals surface area contributed by atoms with Gasteiger partial charge in [0.1, 0.15) is 30.3 Å². The molecule has 0 bridgehead atoms. The minimum atomic E-state index is -1.44. The summed E-state index contributed by atoms with van der Waals surface area (Å²) in [6.07, 6.45) is 1.21. The van der Waals surface area contributed by atoms with Crippen LogP contribution in [0.4, 0.5) is 0 Å². The lowest BCUT2D eigenvalue weighted by molar-refractivity contribution is -0.308. The summed E-state index contributed by atoms with van der Waals surface area (Å²) in [5, 5.41) is 21.6. The van der Waals surface area contributed by atoms with Gasteiger partial charge in [0.05, 0.1) is 17.3 Å². The molecule has 0 radical (unpaired) electrons. The number of aliphatic carboxylic acids is 2. The fourth-order valence-corrected chi connectivity index (χ4v) is 2.50. The molecule has 134 valence electrons. The second-order valence-electron chi connectivity index (χ2n) is 5.36. The molecule has 0 aliphatic carbocycles. The third kappa shape index (κ3) is 4.28. The molecule has 0 saturated heterocycles. The number of hydrogen-bond donors (Lipinski definition) is 0. The number of carbonyl (C=O) groups is 2. The highest BCUT2D eigenvalue weighted by Gasteiger charge is 2.17. The van der Waals surface area contributed by atoms with Crippen molar-refractivity contribution in [2.75, 3.05) is 13.2 Å². The van der Waals surface area contributed by atoms with Gasteiger partial charge < -0.3 is 33.7 Å². The molecule has 1 aromatic carbocycles. The zero-order valence-corrected chi connectivity index (χ0v) is 13.7. The van der Waals surface area contributed by atoms with E-state index >= 15 is 0 Å². The summed E-state index contributed by atoms with van der Waals surface area (Å²) in [4.78, 5) is 33.4. The molecule has 0 amide bonds. The number of rotatable bonds is 8. The van der Waals surface area contributed by atoms with Gasteiger partial charge in [-0.2, -0.15) is 0 Å². The number of carboxylic acids is 2. The summed E-state index contributed by atoms with van der Waals surface area (Å²) in [6.45, 7) is 2.18. The Balaban J connectivity index is 2.62. The molecule has 0 N–H and O–H groups in total. The van der Waals surface area contributed by atoms with Gasteiger partial charge in [0.2, 0.25) is 0 Å². The van der Waals surface area contributed by atoms with Crippen LogP contribution in [0.1, 0.15) is 24.5 Å². The van der Waals surface area contributed by atoms with Crippen molar-refractivity contribution in [3.05, 3.63) is 33.7 Å². The molecule has 8 heteroatoms. The minimum Gasteiger partial charge on any atom is -0.546 e. The van der Waals surface area contributed by atoms with Crippen LogP contribution in [0.2, 0.25) is 0 Å². The number of carboxylic acid groups (broad SMARTS) is 2. The highest BCUT2D eigenvalue weighted by atomic mass is 16.5. The van der Waals surface area contributed by atoms with Crippen LogP contribution in [0.25, 0.3) is 11.0 Å². The van der Waals surface area contributed by atoms with Crippen LogP contribution in [-0.4, -0.2) is 25.2 Å². The number of ether oxygens (including phenoxy) is 2. The van der Waals surface area contributed by atoms with E-state index in [-0.39, 0.29) is 17.1 Å². The summed E-state index contributed by atoms with van der Waals surface area (Å²) in [5.74, 6) is -2.74. The number of benzene rings is 1. The molecular weight excluding hydrogens is 332 g/mol. The monoisotopic (exact) mass is 348 g/mol. The van der Waals surface area contributed by atoms with Crippen molar-refractivity contribution in [2.45, 2.75) is 26.7 Å². The van der Waals surface area contributed by atoms with Crippen LogP contribution in [0.3, 0.4) is 0 Å². The molecule has 0 atom stereocenters. The van der Waals surface area contributed by atoms with Gasteiger partial charge in [-0.3, -0.25) is 0 Å². The number of hydrogen-bond acceptors (Lipinski definition) is 8. The average Bonchev–Trinajstić information content (AvgIpc) is 2.54. The predicted octanol–water partition coefficient (Wildman–Crippen LogP) is -0.689. The molecule has 0 unspecified atom stereocenters. The summed E-state index contributed by atoms with van der Waals surface area (Å²) in [6, 6.07) is 2.67. The first kappa shape index (κ1) is 18.3. The van der Waals surface area contributed by atoms with Gasteiger partial charge in [-0.25, -0.2) is 4.79 Å². The van der Waals surface area contributed by atoms with Gasteiger partial charge in [-0.05, 0) is 18.9 Å². The normalized spacial score (nSPS) is 10.6. The SMILES string of the molecule is CCCc1c(C)c2c(OCC(=O)[O-])cc(OCC(=O)[O-])cc2oc1=O. The van der Waals surface area contributed by atoms with Gasteiger partial charge in [0, 0.05) is 17.7 Å². The van der Waals surface area contributed by atoms with E-state index < -0.39 is 30.8 Å². The maximum atomic E-state index is 12.1. The number of carbonyl (C=O) groups excluding carboxylic acids is 2. The quantitative estimate of drug-likeness (QED) is 0.573. The molecule has 1 aromatic heterocycles. The lowest BCUT2D eigenvalue weighted by Crippen LogP contribution is -2.29. The van der Waals surface area contributed by atoms with E-state index in [1.807, 2.05) is 6.92 Å². The van der Waals surface area contributed by atoms with E-state index in [2.05, 4.69) is 0 Å².